The van der Waals surface area contributed by atoms with E-state index in [1.165, 1.54) is 12.3 Å². The van der Waals surface area contributed by atoms with Gasteiger partial charge in [0.15, 0.2) is 0 Å². The van der Waals surface area contributed by atoms with Gasteiger partial charge in [-0.15, -0.1) is 0 Å². The highest BCUT2D eigenvalue weighted by atomic mass is 79.9. The molecular formula is C15H21BrN4O4. The summed E-state index contributed by atoms with van der Waals surface area (Å²) < 4.78 is 5.81. The molecular weight excluding hydrogens is 380 g/mol. The normalized spacial score (nSPS) is 18.2. The lowest BCUT2D eigenvalue weighted by Crippen LogP contribution is -2.49. The van der Waals surface area contributed by atoms with Gasteiger partial charge in [-0.2, -0.15) is 0 Å². The van der Waals surface area contributed by atoms with Gasteiger partial charge in [-0.05, 0) is 49.5 Å². The number of carbonyl (C=O) groups excluding carboxylic acids is 1. The SMILES string of the molecule is CC(C)(C)OC(=O)NC1CCCN(c2ncc(Br)cc2[N+](=O)[O-])C1. The molecule has 0 radical (unpaired) electrons. The van der Waals surface area contributed by atoms with Crippen LogP contribution in [0.3, 0.4) is 0 Å². The van der Waals surface area contributed by atoms with Crippen LogP contribution in [0.25, 0.3) is 0 Å². The fourth-order valence-corrected chi connectivity index (χ4v) is 2.88. The summed E-state index contributed by atoms with van der Waals surface area (Å²) in [6, 6.07) is 1.30. The highest BCUT2D eigenvalue weighted by molar-refractivity contribution is 9.10. The summed E-state index contributed by atoms with van der Waals surface area (Å²) in [5.41, 5.74) is -0.618. The highest BCUT2D eigenvalue weighted by Gasteiger charge is 2.28. The van der Waals surface area contributed by atoms with Gasteiger partial charge in [0.1, 0.15) is 5.60 Å². The number of rotatable bonds is 3. The van der Waals surface area contributed by atoms with E-state index in [-0.39, 0.29) is 11.7 Å². The minimum absolute atomic E-state index is 0.0534. The number of piperidine rings is 1. The molecule has 0 saturated carbocycles. The molecule has 1 atom stereocenters. The third-order valence-electron chi connectivity index (χ3n) is 3.45. The van der Waals surface area contributed by atoms with E-state index in [0.29, 0.717) is 23.4 Å². The number of nitro groups is 1. The number of anilines is 1. The topological polar surface area (TPSA) is 97.6 Å². The fraction of sp³-hybridized carbons (Fsp3) is 0.600. The van der Waals surface area contributed by atoms with Crippen molar-refractivity contribution in [2.75, 3.05) is 18.0 Å². The van der Waals surface area contributed by atoms with Crippen LogP contribution in [0.15, 0.2) is 16.7 Å². The molecule has 2 rings (SSSR count). The maximum absolute atomic E-state index is 11.9. The smallest absolute Gasteiger partial charge is 0.407 e. The van der Waals surface area contributed by atoms with E-state index < -0.39 is 16.6 Å². The number of hydrogen-bond donors (Lipinski definition) is 1. The number of hydrogen-bond acceptors (Lipinski definition) is 6. The van der Waals surface area contributed by atoms with Crippen LogP contribution in [0.5, 0.6) is 0 Å². The molecule has 1 unspecified atom stereocenters. The third kappa shape index (κ3) is 5.05. The summed E-state index contributed by atoms with van der Waals surface area (Å²) in [7, 11) is 0. The number of amides is 1. The molecule has 0 aromatic carbocycles. The van der Waals surface area contributed by atoms with Gasteiger partial charge < -0.3 is 15.0 Å². The van der Waals surface area contributed by atoms with E-state index in [0.717, 1.165) is 12.8 Å². The molecule has 1 amide bonds. The van der Waals surface area contributed by atoms with Crippen molar-refractivity contribution in [3.63, 3.8) is 0 Å². The monoisotopic (exact) mass is 400 g/mol. The predicted octanol–water partition coefficient (Wildman–Crippen LogP) is 3.25. The summed E-state index contributed by atoms with van der Waals surface area (Å²) >= 11 is 3.20. The summed E-state index contributed by atoms with van der Waals surface area (Å²) in [6.07, 6.45) is 2.65. The molecule has 1 aromatic heterocycles. The van der Waals surface area contributed by atoms with Crippen LogP contribution in [0.4, 0.5) is 16.3 Å². The maximum atomic E-state index is 11.9. The van der Waals surface area contributed by atoms with Crippen LogP contribution in [-0.2, 0) is 4.74 Å². The highest BCUT2D eigenvalue weighted by Crippen LogP contribution is 2.30. The fourth-order valence-electron chi connectivity index (χ4n) is 2.56. The second-order valence-corrected chi connectivity index (χ2v) is 7.60. The van der Waals surface area contributed by atoms with Gasteiger partial charge in [0.05, 0.1) is 4.92 Å². The zero-order chi connectivity index (χ0) is 17.9. The quantitative estimate of drug-likeness (QED) is 0.617. The molecule has 0 bridgehead atoms. The Hall–Kier alpha value is -1.90. The van der Waals surface area contributed by atoms with Crippen molar-refractivity contribution in [3.05, 3.63) is 26.9 Å². The largest absolute Gasteiger partial charge is 0.444 e. The predicted molar refractivity (Wildman–Crippen MR) is 93.2 cm³/mol. The lowest BCUT2D eigenvalue weighted by atomic mass is 10.1. The first-order valence-corrected chi connectivity index (χ1v) is 8.49. The summed E-state index contributed by atoms with van der Waals surface area (Å²) in [6.45, 7) is 6.51. The van der Waals surface area contributed by atoms with Gasteiger partial charge in [-0.1, -0.05) is 0 Å². The van der Waals surface area contributed by atoms with Gasteiger partial charge >= 0.3 is 11.8 Å². The first-order valence-electron chi connectivity index (χ1n) is 7.70. The Morgan fingerprint density at radius 2 is 2.25 bits per heavy atom. The number of nitrogens with zero attached hydrogens (tertiary/aromatic N) is 3. The van der Waals surface area contributed by atoms with E-state index in [2.05, 4.69) is 26.2 Å². The zero-order valence-electron chi connectivity index (χ0n) is 13.9. The molecule has 0 aliphatic carbocycles. The van der Waals surface area contributed by atoms with E-state index in [4.69, 9.17) is 4.74 Å². The Labute approximate surface area is 148 Å². The molecule has 8 nitrogen and oxygen atoms in total. The lowest BCUT2D eigenvalue weighted by molar-refractivity contribution is -0.384. The number of nitrogens with one attached hydrogen (secondary N) is 1. The van der Waals surface area contributed by atoms with Gasteiger partial charge in [0.2, 0.25) is 5.82 Å². The average molecular weight is 401 g/mol. The number of alkyl carbamates (subject to hydrolysis) is 1. The second-order valence-electron chi connectivity index (χ2n) is 6.68. The van der Waals surface area contributed by atoms with Crippen molar-refractivity contribution < 1.29 is 14.5 Å². The molecule has 1 aliphatic rings. The van der Waals surface area contributed by atoms with Crippen molar-refractivity contribution in [1.82, 2.24) is 10.3 Å². The zero-order valence-corrected chi connectivity index (χ0v) is 15.5. The van der Waals surface area contributed by atoms with Crippen LogP contribution in [-0.4, -0.2) is 40.7 Å². The Bertz CT molecular complexity index is 632. The number of pyridine rings is 1. The Kier molecular flexibility index (Phi) is 5.63. The van der Waals surface area contributed by atoms with Crippen LogP contribution in [0.2, 0.25) is 0 Å². The molecule has 132 valence electrons. The van der Waals surface area contributed by atoms with E-state index in [1.807, 2.05) is 4.90 Å². The minimum atomic E-state index is -0.565. The average Bonchev–Trinajstić information content (AvgIpc) is 2.45. The number of carbonyl (C=O) groups is 1. The Morgan fingerprint density at radius 3 is 2.88 bits per heavy atom. The molecule has 1 N–H and O–H groups in total. The molecule has 9 heteroatoms. The van der Waals surface area contributed by atoms with Crippen LogP contribution < -0.4 is 10.2 Å². The number of ether oxygens (including phenoxy) is 1. The van der Waals surface area contributed by atoms with Gasteiger partial charge in [-0.25, -0.2) is 9.78 Å². The minimum Gasteiger partial charge on any atom is -0.444 e. The molecule has 1 aliphatic heterocycles. The second kappa shape index (κ2) is 7.33. The number of halogens is 1. The summed E-state index contributed by atoms with van der Waals surface area (Å²) in [5, 5.41) is 14.1. The summed E-state index contributed by atoms with van der Waals surface area (Å²) in [5.74, 6) is 0.318. The molecule has 1 aromatic rings. The van der Waals surface area contributed by atoms with Crippen molar-refractivity contribution >= 4 is 33.5 Å². The van der Waals surface area contributed by atoms with E-state index >= 15 is 0 Å². The lowest BCUT2D eigenvalue weighted by Gasteiger charge is -2.34. The molecule has 1 saturated heterocycles. The summed E-state index contributed by atoms with van der Waals surface area (Å²) in [4.78, 5) is 28.7. The van der Waals surface area contributed by atoms with Crippen molar-refractivity contribution in [2.24, 2.45) is 0 Å². The standard InChI is InChI=1S/C15H21BrN4O4/c1-15(2,3)24-14(21)18-11-5-4-6-19(9-11)13-12(20(22)23)7-10(16)8-17-13/h7-8,11H,4-6,9H2,1-3H3,(H,18,21). The van der Waals surface area contributed by atoms with Crippen molar-refractivity contribution in [2.45, 2.75) is 45.3 Å². The van der Waals surface area contributed by atoms with Crippen LogP contribution in [0.1, 0.15) is 33.6 Å². The maximum Gasteiger partial charge on any atom is 0.407 e. The van der Waals surface area contributed by atoms with E-state index in [1.54, 1.807) is 20.8 Å². The molecule has 2 heterocycles. The van der Waals surface area contributed by atoms with Crippen LogP contribution in [0, 0.1) is 10.1 Å². The first kappa shape index (κ1) is 18.4. The van der Waals surface area contributed by atoms with Gasteiger partial charge in [0.25, 0.3) is 0 Å². The van der Waals surface area contributed by atoms with Gasteiger partial charge in [0, 0.05) is 35.9 Å². The van der Waals surface area contributed by atoms with Gasteiger partial charge in [-0.3, -0.25) is 10.1 Å². The van der Waals surface area contributed by atoms with E-state index in [9.17, 15) is 14.9 Å². The Morgan fingerprint density at radius 1 is 1.54 bits per heavy atom. The Balaban J connectivity index is 2.08. The van der Waals surface area contributed by atoms with Crippen LogP contribution >= 0.6 is 15.9 Å². The van der Waals surface area contributed by atoms with Crippen molar-refractivity contribution in [1.29, 1.82) is 0 Å². The molecule has 1 fully saturated rings. The van der Waals surface area contributed by atoms with Crippen molar-refractivity contribution in [3.8, 4) is 0 Å². The molecule has 24 heavy (non-hydrogen) atoms. The first-order chi connectivity index (χ1) is 11.2. The number of aromatic nitrogens is 1. The third-order valence-corrected chi connectivity index (χ3v) is 3.89. The molecule has 0 spiro atoms.